The maximum Gasteiger partial charge on any atom is 0.261 e. The van der Waals surface area contributed by atoms with Crippen molar-refractivity contribution >= 4 is 27.6 Å². The van der Waals surface area contributed by atoms with Crippen LogP contribution < -0.4 is 15.6 Å². The third-order valence-corrected chi connectivity index (χ3v) is 6.63. The van der Waals surface area contributed by atoms with Crippen LogP contribution in [0, 0.1) is 0 Å². The molecule has 30 heavy (non-hydrogen) atoms. The maximum absolute atomic E-state index is 12.8. The molecule has 4 rings (SSSR count). The van der Waals surface area contributed by atoms with Gasteiger partial charge in [-0.25, -0.2) is 4.98 Å². The molecule has 2 heterocycles. The summed E-state index contributed by atoms with van der Waals surface area (Å²) in [5.74, 6) is 1.49. The van der Waals surface area contributed by atoms with E-state index < -0.39 is 16.0 Å². The quantitative estimate of drug-likeness (QED) is 0.623. The summed E-state index contributed by atoms with van der Waals surface area (Å²) in [6.07, 6.45) is 1.10. The summed E-state index contributed by atoms with van der Waals surface area (Å²) in [7, 11) is -1.17. The highest BCUT2D eigenvalue weighted by Gasteiger charge is 2.31. The number of para-hydroxylation sites is 1. The number of fused-ring (bicyclic) bond motifs is 1. The van der Waals surface area contributed by atoms with Gasteiger partial charge in [-0.2, -0.15) is 0 Å². The van der Waals surface area contributed by atoms with Gasteiger partial charge in [0.05, 0.1) is 34.1 Å². The highest BCUT2D eigenvalue weighted by molar-refractivity contribution is 7.86. The third kappa shape index (κ3) is 4.14. The number of nitrogens with zero attached hydrogens (tertiary/aromatic N) is 2. The molecule has 1 aliphatic heterocycles. The molecule has 0 aliphatic carbocycles. The number of aryl methyl sites for hydroxylation is 1. The number of carbonyl (C=O) groups excluding carboxylic acids is 1. The Hall–Kier alpha value is -3.00. The van der Waals surface area contributed by atoms with E-state index in [1.54, 1.807) is 10.6 Å². The van der Waals surface area contributed by atoms with Crippen LogP contribution in [-0.4, -0.2) is 37.4 Å². The molecule has 1 N–H and O–H groups in total. The van der Waals surface area contributed by atoms with E-state index in [1.807, 2.05) is 49.4 Å². The van der Waals surface area contributed by atoms with Crippen LogP contribution in [0.3, 0.4) is 0 Å². The molecule has 0 radical (unpaired) electrons. The molecule has 156 valence electrons. The molecule has 7 nitrogen and oxygen atoms in total. The average molecular weight is 426 g/mol. The Kier molecular flexibility index (Phi) is 5.94. The molecule has 1 aromatic heterocycles. The Morgan fingerprint density at radius 2 is 1.93 bits per heavy atom. The predicted molar refractivity (Wildman–Crippen MR) is 116 cm³/mol. The van der Waals surface area contributed by atoms with E-state index in [9.17, 15) is 13.8 Å². The van der Waals surface area contributed by atoms with Crippen molar-refractivity contribution in [1.82, 2.24) is 14.9 Å². The van der Waals surface area contributed by atoms with Gasteiger partial charge in [0.25, 0.3) is 5.56 Å². The first-order valence-electron chi connectivity index (χ1n) is 9.92. The van der Waals surface area contributed by atoms with Gasteiger partial charge in [-0.05, 0) is 36.2 Å². The lowest BCUT2D eigenvalue weighted by Crippen LogP contribution is -2.27. The minimum absolute atomic E-state index is 0.0563. The number of carbonyl (C=O) groups is 1. The Labute approximate surface area is 176 Å². The van der Waals surface area contributed by atoms with Crippen molar-refractivity contribution in [2.45, 2.75) is 31.6 Å². The van der Waals surface area contributed by atoms with Gasteiger partial charge in [0.1, 0.15) is 23.4 Å². The van der Waals surface area contributed by atoms with Crippen LogP contribution in [0.1, 0.15) is 18.3 Å². The minimum Gasteiger partial charge on any atom is -0.492 e. The molecule has 3 aromatic rings. The summed E-state index contributed by atoms with van der Waals surface area (Å²) in [6.45, 7) is 2.72. The molecule has 0 bridgehead atoms. The summed E-state index contributed by atoms with van der Waals surface area (Å²) in [5, 5.41) is 2.74. The zero-order chi connectivity index (χ0) is 21.1. The van der Waals surface area contributed by atoms with Crippen LogP contribution in [-0.2, 0) is 35.0 Å². The molecular formula is C22H23N3O4S. The summed E-state index contributed by atoms with van der Waals surface area (Å²) in [4.78, 5) is 29.2. The minimum atomic E-state index is -1.17. The van der Waals surface area contributed by atoms with Crippen molar-refractivity contribution in [3.05, 3.63) is 70.3 Å². The van der Waals surface area contributed by atoms with Crippen LogP contribution >= 0.6 is 0 Å². The van der Waals surface area contributed by atoms with Crippen molar-refractivity contribution in [2.24, 2.45) is 0 Å². The normalized spacial score (nSPS) is 18.5. The fraction of sp³-hybridized carbons (Fsp3) is 0.318. The van der Waals surface area contributed by atoms with Crippen molar-refractivity contribution in [3.63, 3.8) is 0 Å². The van der Waals surface area contributed by atoms with E-state index in [0.29, 0.717) is 42.6 Å². The second kappa shape index (κ2) is 8.79. The monoisotopic (exact) mass is 425 g/mol. The van der Waals surface area contributed by atoms with Gasteiger partial charge in [0.2, 0.25) is 5.91 Å². The first-order valence-corrected chi connectivity index (χ1v) is 11.3. The Morgan fingerprint density at radius 3 is 2.63 bits per heavy atom. The molecule has 1 fully saturated rings. The van der Waals surface area contributed by atoms with Crippen LogP contribution in [0.15, 0.2) is 53.3 Å². The zero-order valence-electron chi connectivity index (χ0n) is 16.7. The number of amides is 1. The van der Waals surface area contributed by atoms with Crippen molar-refractivity contribution in [2.75, 3.05) is 12.5 Å². The van der Waals surface area contributed by atoms with Gasteiger partial charge in [-0.1, -0.05) is 31.2 Å². The first kappa shape index (κ1) is 20.3. The number of ether oxygens (including phenoxy) is 1. The van der Waals surface area contributed by atoms with Gasteiger partial charge < -0.3 is 10.1 Å². The highest BCUT2D eigenvalue weighted by atomic mass is 32.2. The van der Waals surface area contributed by atoms with E-state index in [1.165, 1.54) is 0 Å². The molecule has 2 atom stereocenters. The van der Waals surface area contributed by atoms with Gasteiger partial charge in [-0.15, -0.1) is 0 Å². The number of aromatic nitrogens is 2. The lowest BCUT2D eigenvalue weighted by atomic mass is 10.1. The van der Waals surface area contributed by atoms with Crippen LogP contribution in [0.4, 0.5) is 0 Å². The second-order valence-electron chi connectivity index (χ2n) is 7.11. The van der Waals surface area contributed by atoms with E-state index in [-0.39, 0.29) is 17.3 Å². The number of hydrogen-bond acceptors (Lipinski definition) is 5. The molecule has 1 saturated heterocycles. The molecule has 1 aliphatic rings. The van der Waals surface area contributed by atoms with Crippen LogP contribution in [0.2, 0.25) is 0 Å². The average Bonchev–Trinajstić information content (AvgIpc) is 3.08. The summed E-state index contributed by atoms with van der Waals surface area (Å²) in [6, 6.07) is 14.8. The number of nitrogens with one attached hydrogen (secondary N) is 1. The van der Waals surface area contributed by atoms with Crippen molar-refractivity contribution < 1.29 is 13.7 Å². The van der Waals surface area contributed by atoms with E-state index in [2.05, 4.69) is 10.3 Å². The largest absolute Gasteiger partial charge is 0.492 e. The standard InChI is InChI=1S/C22H23N3O4S/c1-2-20-24-18-6-4-3-5-17(18)22(27)25(20)11-12-29-16-9-7-15(8-10-16)13-19-21(26)23-14-30(19)28/h3-10,19H,2,11-14H2,1H3,(H,23,26). The van der Waals surface area contributed by atoms with Crippen molar-refractivity contribution in [1.29, 1.82) is 0 Å². The lowest BCUT2D eigenvalue weighted by Gasteiger charge is -2.13. The van der Waals surface area contributed by atoms with Crippen molar-refractivity contribution in [3.8, 4) is 5.75 Å². The SMILES string of the molecule is CCc1nc2ccccc2c(=O)n1CCOc1ccc(CC2C(=O)NCS2=O)cc1. The second-order valence-corrected chi connectivity index (χ2v) is 8.73. The van der Waals surface area contributed by atoms with E-state index >= 15 is 0 Å². The smallest absolute Gasteiger partial charge is 0.261 e. The Balaban J connectivity index is 1.41. The predicted octanol–water partition coefficient (Wildman–Crippen LogP) is 1.78. The summed E-state index contributed by atoms with van der Waals surface area (Å²) >= 11 is 0. The number of benzene rings is 2. The summed E-state index contributed by atoms with van der Waals surface area (Å²) in [5.41, 5.74) is 1.59. The fourth-order valence-corrected chi connectivity index (χ4v) is 4.75. The Morgan fingerprint density at radius 1 is 1.17 bits per heavy atom. The topological polar surface area (TPSA) is 90.3 Å². The third-order valence-electron chi connectivity index (χ3n) is 5.18. The molecule has 2 aromatic carbocycles. The molecule has 0 spiro atoms. The Bertz CT molecular complexity index is 1140. The molecule has 2 unspecified atom stereocenters. The fourth-order valence-electron chi connectivity index (χ4n) is 3.57. The maximum atomic E-state index is 12.8. The van der Waals surface area contributed by atoms with Gasteiger partial charge >= 0.3 is 0 Å². The molecular weight excluding hydrogens is 402 g/mol. The summed E-state index contributed by atoms with van der Waals surface area (Å²) < 4.78 is 19.4. The molecule has 8 heteroatoms. The zero-order valence-corrected chi connectivity index (χ0v) is 17.5. The number of rotatable bonds is 7. The van der Waals surface area contributed by atoms with Gasteiger partial charge in [0, 0.05) is 6.42 Å². The first-order chi connectivity index (χ1) is 14.6. The molecule has 1 amide bonds. The highest BCUT2D eigenvalue weighted by Crippen LogP contribution is 2.17. The van der Waals surface area contributed by atoms with Crippen LogP contribution in [0.5, 0.6) is 5.75 Å². The van der Waals surface area contributed by atoms with E-state index in [4.69, 9.17) is 4.74 Å². The van der Waals surface area contributed by atoms with Gasteiger partial charge in [-0.3, -0.25) is 18.4 Å². The lowest BCUT2D eigenvalue weighted by molar-refractivity contribution is -0.119. The van der Waals surface area contributed by atoms with E-state index in [0.717, 1.165) is 11.4 Å². The molecule has 0 saturated carbocycles. The van der Waals surface area contributed by atoms with Gasteiger partial charge in [0.15, 0.2) is 0 Å². The number of hydrogen-bond donors (Lipinski definition) is 1. The van der Waals surface area contributed by atoms with Crippen LogP contribution in [0.25, 0.3) is 10.9 Å².